The van der Waals surface area contributed by atoms with E-state index in [0.29, 0.717) is 25.4 Å². The molecule has 0 bridgehead atoms. The van der Waals surface area contributed by atoms with Crippen molar-refractivity contribution in [2.45, 2.75) is 77.2 Å². The number of carbonyl (C=O) groups excluding carboxylic acids is 2. The fourth-order valence-corrected chi connectivity index (χ4v) is 5.27. The molecule has 210 valence electrons. The third-order valence-corrected chi connectivity index (χ3v) is 7.39. The van der Waals surface area contributed by atoms with Gasteiger partial charge in [-0.2, -0.15) is 0 Å². The number of amides is 2. The Kier molecular flexibility index (Phi) is 10.00. The van der Waals surface area contributed by atoms with E-state index >= 15 is 0 Å². The highest BCUT2D eigenvalue weighted by Crippen LogP contribution is 2.30. The number of carboxylic acids is 1. The smallest absolute Gasteiger partial charge is 0.414 e. The van der Waals surface area contributed by atoms with Crippen molar-refractivity contribution in [3.8, 4) is 0 Å². The molecule has 12 nitrogen and oxygen atoms in total. The predicted octanol–water partition coefficient (Wildman–Crippen LogP) is 2.20. The molecule has 37 heavy (non-hydrogen) atoms. The van der Waals surface area contributed by atoms with E-state index in [9.17, 15) is 14.4 Å². The number of piperazine rings is 1. The van der Waals surface area contributed by atoms with Gasteiger partial charge in [0.25, 0.3) is 0 Å². The number of alkyl carbamates (subject to hydrolysis) is 1. The summed E-state index contributed by atoms with van der Waals surface area (Å²) in [6.07, 6.45) is 3.34. The molecule has 3 aliphatic heterocycles. The maximum absolute atomic E-state index is 12.4. The van der Waals surface area contributed by atoms with E-state index in [1.54, 1.807) is 32.7 Å². The lowest BCUT2D eigenvalue weighted by atomic mass is 9.90. The zero-order chi connectivity index (χ0) is 27.2. The normalized spacial score (nSPS) is 24.2. The maximum Gasteiger partial charge on any atom is 0.414 e. The van der Waals surface area contributed by atoms with Crippen molar-refractivity contribution >= 4 is 24.1 Å². The molecular formula is C25H44N6O6. The number of likely N-dealkylation sites (N-methyl/N-ethyl adjacent to an activating group) is 1. The van der Waals surface area contributed by atoms with Crippen molar-refractivity contribution in [1.29, 1.82) is 5.41 Å². The third kappa shape index (κ3) is 8.74. The summed E-state index contributed by atoms with van der Waals surface area (Å²) in [4.78, 5) is 43.2. The number of hydrogen-bond acceptors (Lipinski definition) is 8. The molecule has 12 heteroatoms. The van der Waals surface area contributed by atoms with Crippen molar-refractivity contribution in [2.75, 3.05) is 52.9 Å². The Morgan fingerprint density at radius 3 is 2.35 bits per heavy atom. The standard InChI is InChI=1S/C25H44N6O6/c1-25(2,3)37-23(34)27-22(26)31-12-9-18(10-13-31)7-8-19-21(36-24(35)28(19)4)30-16-14-29(15-17-30)11-5-6-20(32)33/h18-19,21H,5-17H2,1-4H3,(H,32,33)(H2,26,27,34). The summed E-state index contributed by atoms with van der Waals surface area (Å²) in [6, 6.07) is -0.00350. The highest BCUT2D eigenvalue weighted by atomic mass is 16.6. The minimum absolute atomic E-state index is 0.00350. The molecule has 0 aromatic carbocycles. The molecule has 3 aliphatic rings. The average Bonchev–Trinajstić information content (AvgIpc) is 3.10. The summed E-state index contributed by atoms with van der Waals surface area (Å²) in [5, 5.41) is 19.6. The molecule has 0 aromatic rings. The van der Waals surface area contributed by atoms with Crippen molar-refractivity contribution in [3.05, 3.63) is 0 Å². The Hall–Kier alpha value is -2.60. The Bertz CT molecular complexity index is 817. The van der Waals surface area contributed by atoms with Gasteiger partial charge in [-0.05, 0) is 65.3 Å². The van der Waals surface area contributed by atoms with Gasteiger partial charge in [0.1, 0.15) is 5.60 Å². The number of carbonyl (C=O) groups is 3. The number of nitrogens with one attached hydrogen (secondary N) is 2. The van der Waals surface area contributed by atoms with E-state index in [1.165, 1.54) is 0 Å². The van der Waals surface area contributed by atoms with Crippen LogP contribution in [0, 0.1) is 11.3 Å². The van der Waals surface area contributed by atoms with Gasteiger partial charge in [0.15, 0.2) is 6.23 Å². The van der Waals surface area contributed by atoms with Crippen molar-refractivity contribution in [3.63, 3.8) is 0 Å². The monoisotopic (exact) mass is 524 g/mol. The van der Waals surface area contributed by atoms with Crippen LogP contribution >= 0.6 is 0 Å². The highest BCUT2D eigenvalue weighted by molar-refractivity contribution is 5.92. The number of rotatable bonds is 8. The van der Waals surface area contributed by atoms with Crippen molar-refractivity contribution in [2.24, 2.45) is 5.92 Å². The number of aliphatic carboxylic acids is 1. The van der Waals surface area contributed by atoms with Crippen LogP contribution < -0.4 is 5.32 Å². The molecule has 0 aliphatic carbocycles. The van der Waals surface area contributed by atoms with Crippen molar-refractivity contribution < 1.29 is 29.0 Å². The summed E-state index contributed by atoms with van der Waals surface area (Å²) < 4.78 is 11.0. The fourth-order valence-electron chi connectivity index (χ4n) is 5.27. The molecule has 3 heterocycles. The van der Waals surface area contributed by atoms with Gasteiger partial charge < -0.3 is 29.3 Å². The lowest BCUT2D eigenvalue weighted by Crippen LogP contribution is -2.54. The second-order valence-corrected chi connectivity index (χ2v) is 11.3. The van der Waals surface area contributed by atoms with Gasteiger partial charge in [0.05, 0.1) is 6.04 Å². The Morgan fingerprint density at radius 1 is 1.11 bits per heavy atom. The Labute approximate surface area is 219 Å². The summed E-state index contributed by atoms with van der Waals surface area (Å²) in [6.45, 7) is 10.8. The molecule has 2 atom stereocenters. The van der Waals surface area contributed by atoms with Gasteiger partial charge in [-0.15, -0.1) is 0 Å². The second kappa shape index (κ2) is 12.8. The van der Waals surface area contributed by atoms with Gasteiger partial charge in [-0.25, -0.2) is 9.59 Å². The summed E-state index contributed by atoms with van der Waals surface area (Å²) in [7, 11) is 1.81. The zero-order valence-electron chi connectivity index (χ0n) is 22.7. The molecule has 3 saturated heterocycles. The second-order valence-electron chi connectivity index (χ2n) is 11.3. The Morgan fingerprint density at radius 2 is 1.76 bits per heavy atom. The first-order valence-electron chi connectivity index (χ1n) is 13.4. The van der Waals surface area contributed by atoms with Crippen LogP contribution in [0.3, 0.4) is 0 Å². The van der Waals surface area contributed by atoms with Crippen LogP contribution in [0.25, 0.3) is 0 Å². The molecule has 3 fully saturated rings. The van der Waals surface area contributed by atoms with E-state index in [2.05, 4.69) is 15.1 Å². The van der Waals surface area contributed by atoms with E-state index in [-0.39, 0.29) is 30.7 Å². The van der Waals surface area contributed by atoms with Gasteiger partial charge in [0.2, 0.25) is 5.96 Å². The zero-order valence-corrected chi connectivity index (χ0v) is 22.7. The van der Waals surface area contributed by atoms with Crippen LogP contribution in [-0.4, -0.2) is 120 Å². The molecule has 3 rings (SSSR count). The van der Waals surface area contributed by atoms with Gasteiger partial charge in [0, 0.05) is 52.7 Å². The molecule has 0 radical (unpaired) electrons. The largest absolute Gasteiger partial charge is 0.481 e. The minimum Gasteiger partial charge on any atom is -0.481 e. The number of piperidine rings is 1. The third-order valence-electron chi connectivity index (χ3n) is 7.39. The van der Waals surface area contributed by atoms with E-state index in [1.807, 2.05) is 4.90 Å². The lowest BCUT2D eigenvalue weighted by molar-refractivity contribution is -0.137. The summed E-state index contributed by atoms with van der Waals surface area (Å²) in [5.74, 6) is -0.199. The first-order chi connectivity index (χ1) is 17.4. The average molecular weight is 525 g/mol. The Balaban J connectivity index is 1.41. The molecule has 2 unspecified atom stereocenters. The number of likely N-dealkylation sites (tertiary alicyclic amines) is 1. The molecule has 0 spiro atoms. The maximum atomic E-state index is 12.4. The van der Waals surface area contributed by atoms with Crippen LogP contribution in [0.4, 0.5) is 9.59 Å². The van der Waals surface area contributed by atoms with Gasteiger partial charge in [-0.3, -0.25) is 20.4 Å². The SMILES string of the molecule is CN1C(=O)OC(N2CCN(CCCC(=O)O)CC2)C1CCC1CCN(C(=N)NC(=O)OC(C)(C)C)CC1. The topological polar surface area (TPSA) is 139 Å². The molecule has 0 saturated carbocycles. The van der Waals surface area contributed by atoms with E-state index < -0.39 is 17.7 Å². The number of cyclic esters (lactones) is 1. The van der Waals surface area contributed by atoms with Crippen LogP contribution in [0.2, 0.25) is 0 Å². The predicted molar refractivity (Wildman–Crippen MR) is 137 cm³/mol. The van der Waals surface area contributed by atoms with Crippen LogP contribution in [0.15, 0.2) is 0 Å². The summed E-state index contributed by atoms with van der Waals surface area (Å²) in [5.41, 5.74) is -0.608. The van der Waals surface area contributed by atoms with Gasteiger partial charge >= 0.3 is 18.2 Å². The summed E-state index contributed by atoms with van der Waals surface area (Å²) >= 11 is 0. The first kappa shape index (κ1) is 29.0. The number of nitrogens with zero attached hydrogens (tertiary/aromatic N) is 4. The minimum atomic E-state index is -0.760. The number of guanidine groups is 1. The van der Waals surface area contributed by atoms with Crippen LogP contribution in [0.5, 0.6) is 0 Å². The number of ether oxygens (including phenoxy) is 2. The van der Waals surface area contributed by atoms with Crippen LogP contribution in [-0.2, 0) is 14.3 Å². The number of hydrogen-bond donors (Lipinski definition) is 3. The highest BCUT2D eigenvalue weighted by Gasteiger charge is 2.43. The van der Waals surface area contributed by atoms with E-state index in [4.69, 9.17) is 20.0 Å². The fraction of sp³-hybridized carbons (Fsp3) is 0.840. The molecule has 3 N–H and O–H groups in total. The lowest BCUT2D eigenvalue weighted by Gasteiger charge is -2.39. The molecular weight excluding hydrogens is 480 g/mol. The van der Waals surface area contributed by atoms with E-state index in [0.717, 1.165) is 58.4 Å². The van der Waals surface area contributed by atoms with Crippen LogP contribution in [0.1, 0.15) is 59.3 Å². The van der Waals surface area contributed by atoms with Crippen molar-refractivity contribution in [1.82, 2.24) is 24.9 Å². The molecule has 2 amide bonds. The number of carboxylic acid groups (broad SMARTS) is 1. The first-order valence-corrected chi connectivity index (χ1v) is 13.4. The van der Waals surface area contributed by atoms with Gasteiger partial charge in [-0.1, -0.05) is 0 Å². The molecule has 0 aromatic heterocycles. The quantitative estimate of drug-likeness (QED) is 0.322.